The van der Waals surface area contributed by atoms with Crippen LogP contribution in [0.5, 0.6) is 0 Å². The van der Waals surface area contributed by atoms with Crippen LogP contribution >= 0.6 is 11.6 Å². The summed E-state index contributed by atoms with van der Waals surface area (Å²) in [6.45, 7) is 0. The Labute approximate surface area is 113 Å². The van der Waals surface area contributed by atoms with Gasteiger partial charge in [-0.05, 0) is 42.0 Å². The van der Waals surface area contributed by atoms with Crippen LogP contribution in [0.2, 0.25) is 5.02 Å². The van der Waals surface area contributed by atoms with Gasteiger partial charge in [0.1, 0.15) is 11.0 Å². The molecule has 0 unspecified atom stereocenters. The molecule has 0 saturated heterocycles. The van der Waals surface area contributed by atoms with Crippen LogP contribution < -0.4 is 5.11 Å². The van der Waals surface area contributed by atoms with Gasteiger partial charge in [0.15, 0.2) is 0 Å². The molecule has 0 atom stereocenters. The normalized spacial score (nSPS) is 10.8. The Morgan fingerprint density at radius 1 is 1.05 bits per heavy atom. The van der Waals surface area contributed by atoms with Crippen LogP contribution in [0.1, 0.15) is 10.4 Å². The van der Waals surface area contributed by atoms with E-state index in [1.807, 2.05) is 0 Å². The molecule has 0 amide bonds. The second kappa shape index (κ2) is 4.37. The summed E-state index contributed by atoms with van der Waals surface area (Å²) >= 11 is 5.81. The molecule has 3 rings (SSSR count). The topological polar surface area (TPSA) is 70.8 Å². The van der Waals surface area contributed by atoms with Crippen LogP contribution in [0.4, 0.5) is 0 Å². The maximum atomic E-state index is 10.8. The van der Waals surface area contributed by atoms with Gasteiger partial charge < -0.3 is 9.90 Å². The van der Waals surface area contributed by atoms with Gasteiger partial charge >= 0.3 is 0 Å². The van der Waals surface area contributed by atoms with E-state index in [-0.39, 0.29) is 5.56 Å². The van der Waals surface area contributed by atoms with E-state index in [4.69, 9.17) is 11.6 Å². The van der Waals surface area contributed by atoms with E-state index in [2.05, 4.69) is 10.2 Å². The predicted octanol–water partition coefficient (Wildman–Crippen LogP) is 1.44. The highest BCUT2D eigenvalue weighted by Crippen LogP contribution is 2.16. The number of carbonyl (C=O) groups is 1. The Bertz CT molecular complexity index is 765. The van der Waals surface area contributed by atoms with Crippen molar-refractivity contribution in [2.75, 3.05) is 0 Å². The zero-order valence-electron chi connectivity index (χ0n) is 9.58. The highest BCUT2D eigenvalue weighted by Gasteiger charge is 2.05. The first-order valence-electron chi connectivity index (χ1n) is 5.48. The van der Waals surface area contributed by atoms with Gasteiger partial charge in [0.05, 0.1) is 11.7 Å². The van der Waals surface area contributed by atoms with Crippen LogP contribution in [0.25, 0.3) is 16.7 Å². The fraction of sp³-hybridized carbons (Fsp3) is 0. The number of nitrogens with zero attached hydrogens (tertiary/aromatic N) is 3. The summed E-state index contributed by atoms with van der Waals surface area (Å²) in [6.07, 6.45) is 0. The van der Waals surface area contributed by atoms with Crippen molar-refractivity contribution < 1.29 is 9.90 Å². The maximum Gasteiger partial charge on any atom is 0.114 e. The molecule has 0 aliphatic rings. The first-order valence-corrected chi connectivity index (χ1v) is 5.86. The largest absolute Gasteiger partial charge is 0.545 e. The minimum Gasteiger partial charge on any atom is -0.545 e. The summed E-state index contributed by atoms with van der Waals surface area (Å²) in [5, 5.41) is 19.9. The number of carboxylic acids is 1. The summed E-state index contributed by atoms with van der Waals surface area (Å²) in [7, 11) is 0. The second-order valence-corrected chi connectivity index (χ2v) is 4.39. The monoisotopic (exact) mass is 272 g/mol. The average Bonchev–Trinajstić information content (AvgIpc) is 2.82. The molecule has 0 fully saturated rings. The molecule has 19 heavy (non-hydrogen) atoms. The number of fused-ring (bicyclic) bond motifs is 1. The SMILES string of the molecule is O=C([O-])c1ccc2nn(-c3ccc(Cl)cc3)nc2c1. The molecule has 1 aromatic heterocycles. The Morgan fingerprint density at radius 2 is 1.74 bits per heavy atom. The summed E-state index contributed by atoms with van der Waals surface area (Å²) in [6, 6.07) is 11.5. The summed E-state index contributed by atoms with van der Waals surface area (Å²) in [5.74, 6) is -1.23. The minimum atomic E-state index is -1.23. The minimum absolute atomic E-state index is 0.0793. The number of aromatic nitrogens is 3. The van der Waals surface area contributed by atoms with Crippen molar-refractivity contribution >= 4 is 28.6 Å². The third kappa shape index (κ3) is 2.15. The summed E-state index contributed by atoms with van der Waals surface area (Å²) in [5.41, 5.74) is 1.93. The fourth-order valence-electron chi connectivity index (χ4n) is 1.73. The van der Waals surface area contributed by atoms with Gasteiger partial charge in [-0.2, -0.15) is 4.80 Å². The number of halogens is 1. The van der Waals surface area contributed by atoms with Crippen molar-refractivity contribution in [1.82, 2.24) is 15.0 Å². The maximum absolute atomic E-state index is 10.8. The van der Waals surface area contributed by atoms with E-state index < -0.39 is 5.97 Å². The van der Waals surface area contributed by atoms with Crippen molar-refractivity contribution in [3.8, 4) is 5.69 Å². The van der Waals surface area contributed by atoms with Crippen molar-refractivity contribution in [2.24, 2.45) is 0 Å². The quantitative estimate of drug-likeness (QED) is 0.708. The molecular formula is C13H7ClN3O2-. The predicted molar refractivity (Wildman–Crippen MR) is 68.2 cm³/mol. The number of carboxylic acid groups (broad SMARTS) is 1. The van der Waals surface area contributed by atoms with Crippen molar-refractivity contribution in [3.05, 3.63) is 53.1 Å². The fourth-order valence-corrected chi connectivity index (χ4v) is 1.86. The van der Waals surface area contributed by atoms with E-state index in [1.165, 1.54) is 16.9 Å². The van der Waals surface area contributed by atoms with Gasteiger partial charge in [0.2, 0.25) is 0 Å². The molecule has 1 heterocycles. The lowest BCUT2D eigenvalue weighted by molar-refractivity contribution is -0.255. The lowest BCUT2D eigenvalue weighted by atomic mass is 10.2. The number of benzene rings is 2. The zero-order valence-corrected chi connectivity index (χ0v) is 10.3. The molecule has 0 spiro atoms. The molecule has 5 nitrogen and oxygen atoms in total. The van der Waals surface area contributed by atoms with Crippen LogP contribution in [0.3, 0.4) is 0 Å². The van der Waals surface area contributed by atoms with Gasteiger partial charge in [-0.25, -0.2) is 0 Å². The number of aromatic carboxylic acids is 1. The highest BCUT2D eigenvalue weighted by atomic mass is 35.5. The number of hydrogen-bond acceptors (Lipinski definition) is 4. The second-order valence-electron chi connectivity index (χ2n) is 3.96. The Balaban J connectivity index is 2.11. The highest BCUT2D eigenvalue weighted by molar-refractivity contribution is 6.30. The average molecular weight is 273 g/mol. The van der Waals surface area contributed by atoms with Gasteiger partial charge in [0.25, 0.3) is 0 Å². The standard InChI is InChI=1S/C13H8ClN3O2/c14-9-2-4-10(5-3-9)17-15-11-6-1-8(13(18)19)7-12(11)16-17/h1-7H,(H,18,19)/p-1. The molecule has 0 saturated carbocycles. The van der Waals surface area contributed by atoms with Crippen LogP contribution in [-0.2, 0) is 0 Å². The molecule has 0 aliphatic carbocycles. The van der Waals surface area contributed by atoms with E-state index >= 15 is 0 Å². The van der Waals surface area contributed by atoms with E-state index in [0.29, 0.717) is 16.1 Å². The Kier molecular flexibility index (Phi) is 2.68. The number of rotatable bonds is 2. The third-order valence-corrected chi connectivity index (χ3v) is 2.93. The first kappa shape index (κ1) is 11.7. The van der Waals surface area contributed by atoms with Crippen LogP contribution in [0.15, 0.2) is 42.5 Å². The van der Waals surface area contributed by atoms with Gasteiger partial charge in [-0.15, -0.1) is 10.2 Å². The number of hydrogen-bond donors (Lipinski definition) is 0. The summed E-state index contributed by atoms with van der Waals surface area (Å²) in [4.78, 5) is 12.2. The first-order chi connectivity index (χ1) is 9.13. The van der Waals surface area contributed by atoms with E-state index in [1.54, 1.807) is 30.3 Å². The van der Waals surface area contributed by atoms with Crippen molar-refractivity contribution in [2.45, 2.75) is 0 Å². The molecule has 0 bridgehead atoms. The molecule has 0 radical (unpaired) electrons. The third-order valence-electron chi connectivity index (χ3n) is 2.67. The van der Waals surface area contributed by atoms with Crippen LogP contribution in [-0.4, -0.2) is 21.0 Å². The zero-order chi connectivity index (χ0) is 13.4. The molecule has 0 aliphatic heterocycles. The van der Waals surface area contributed by atoms with Gasteiger partial charge in [-0.3, -0.25) is 0 Å². The lowest BCUT2D eigenvalue weighted by Gasteiger charge is -1.99. The Morgan fingerprint density at radius 3 is 2.42 bits per heavy atom. The molecule has 2 aromatic carbocycles. The lowest BCUT2D eigenvalue weighted by Crippen LogP contribution is -2.21. The van der Waals surface area contributed by atoms with Gasteiger partial charge in [0, 0.05) is 5.02 Å². The smallest absolute Gasteiger partial charge is 0.114 e. The molecule has 0 N–H and O–H groups in total. The van der Waals surface area contributed by atoms with E-state index in [9.17, 15) is 9.90 Å². The van der Waals surface area contributed by atoms with Crippen molar-refractivity contribution in [3.63, 3.8) is 0 Å². The number of carbonyl (C=O) groups excluding carboxylic acids is 1. The molecule has 94 valence electrons. The molecular weight excluding hydrogens is 266 g/mol. The van der Waals surface area contributed by atoms with Gasteiger partial charge in [-0.1, -0.05) is 17.7 Å². The van der Waals surface area contributed by atoms with E-state index in [0.717, 1.165) is 5.69 Å². The molecule has 3 aromatic rings. The summed E-state index contributed by atoms with van der Waals surface area (Å²) < 4.78 is 0. The molecule has 6 heteroatoms. The Hall–Kier alpha value is -2.40. The van der Waals surface area contributed by atoms with Crippen molar-refractivity contribution in [1.29, 1.82) is 0 Å². The van der Waals surface area contributed by atoms with Crippen LogP contribution in [0, 0.1) is 0 Å².